The first kappa shape index (κ1) is 16.4. The summed E-state index contributed by atoms with van der Waals surface area (Å²) in [5.74, 6) is 5.93. The van der Waals surface area contributed by atoms with Crippen LogP contribution in [-0.4, -0.2) is 16.7 Å². The molecule has 5 nitrogen and oxygen atoms in total. The van der Waals surface area contributed by atoms with Crippen molar-refractivity contribution in [1.82, 2.24) is 4.98 Å². The van der Waals surface area contributed by atoms with Crippen molar-refractivity contribution in [2.45, 2.75) is 26.4 Å². The Balaban J connectivity index is 2.10. The molecule has 2 aromatic rings. The minimum Gasteiger partial charge on any atom is -0.444 e. The Kier molecular flexibility index (Phi) is 4.87. The molecule has 0 atom stereocenters. The maximum atomic E-state index is 11.8. The Morgan fingerprint density at radius 3 is 2.61 bits per heavy atom. The molecule has 118 valence electrons. The highest BCUT2D eigenvalue weighted by Crippen LogP contribution is 2.20. The van der Waals surface area contributed by atoms with Crippen molar-refractivity contribution < 1.29 is 9.53 Å². The summed E-state index contributed by atoms with van der Waals surface area (Å²) in [5.41, 5.74) is 7.72. The molecule has 0 spiro atoms. The number of nitrogens with one attached hydrogen (secondary N) is 1. The van der Waals surface area contributed by atoms with E-state index in [-0.39, 0.29) is 0 Å². The number of rotatable bonds is 1. The first-order valence-electron chi connectivity index (χ1n) is 7.16. The zero-order valence-corrected chi connectivity index (χ0v) is 13.4. The van der Waals surface area contributed by atoms with Gasteiger partial charge in [-0.05, 0) is 57.0 Å². The van der Waals surface area contributed by atoms with Crippen LogP contribution < -0.4 is 11.1 Å². The number of aromatic nitrogens is 1. The van der Waals surface area contributed by atoms with Crippen LogP contribution in [-0.2, 0) is 4.74 Å². The van der Waals surface area contributed by atoms with Gasteiger partial charge < -0.3 is 10.5 Å². The van der Waals surface area contributed by atoms with Gasteiger partial charge in [0.1, 0.15) is 11.3 Å². The molecule has 0 fully saturated rings. The maximum absolute atomic E-state index is 11.8. The molecule has 0 aliphatic carbocycles. The van der Waals surface area contributed by atoms with Crippen LogP contribution in [0.5, 0.6) is 0 Å². The molecule has 0 saturated heterocycles. The Bertz CT molecular complexity index is 753. The minimum absolute atomic E-state index is 0.420. The van der Waals surface area contributed by atoms with Crippen LogP contribution in [0.4, 0.5) is 16.2 Å². The number of amides is 1. The summed E-state index contributed by atoms with van der Waals surface area (Å²) in [5, 5.41) is 2.62. The molecular formula is C18H19N3O2. The number of nitrogens with zero attached hydrogens (tertiary/aromatic N) is 1. The fourth-order valence-electron chi connectivity index (χ4n) is 1.74. The van der Waals surface area contributed by atoms with E-state index < -0.39 is 11.7 Å². The van der Waals surface area contributed by atoms with Gasteiger partial charge in [-0.3, -0.25) is 5.32 Å². The number of nitrogen functional groups attached to an aromatic ring is 1. The Morgan fingerprint density at radius 1 is 1.22 bits per heavy atom. The van der Waals surface area contributed by atoms with Gasteiger partial charge in [-0.1, -0.05) is 12.0 Å². The minimum atomic E-state index is -0.563. The van der Waals surface area contributed by atoms with Crippen molar-refractivity contribution in [1.29, 1.82) is 0 Å². The third kappa shape index (κ3) is 5.36. The van der Waals surface area contributed by atoms with E-state index in [1.807, 2.05) is 18.2 Å². The number of benzene rings is 1. The molecule has 5 heteroatoms. The van der Waals surface area contributed by atoms with Crippen molar-refractivity contribution in [3.63, 3.8) is 0 Å². The number of ether oxygens (including phenoxy) is 1. The van der Waals surface area contributed by atoms with Gasteiger partial charge in [0.2, 0.25) is 0 Å². The van der Waals surface area contributed by atoms with Crippen LogP contribution in [0, 0.1) is 11.8 Å². The zero-order chi connectivity index (χ0) is 16.9. The summed E-state index contributed by atoms with van der Waals surface area (Å²) < 4.78 is 5.19. The summed E-state index contributed by atoms with van der Waals surface area (Å²) in [4.78, 5) is 15.9. The summed E-state index contributed by atoms with van der Waals surface area (Å²) >= 11 is 0. The summed E-state index contributed by atoms with van der Waals surface area (Å²) in [6.45, 7) is 5.39. The highest BCUT2D eigenvalue weighted by molar-refractivity contribution is 5.89. The van der Waals surface area contributed by atoms with E-state index in [1.165, 1.54) is 0 Å². The maximum Gasteiger partial charge on any atom is 0.412 e. The molecule has 23 heavy (non-hydrogen) atoms. The van der Waals surface area contributed by atoms with E-state index in [2.05, 4.69) is 22.1 Å². The fraction of sp³-hybridized carbons (Fsp3) is 0.222. The molecule has 0 radical (unpaired) electrons. The topological polar surface area (TPSA) is 77.2 Å². The highest BCUT2D eigenvalue weighted by Gasteiger charge is 2.16. The van der Waals surface area contributed by atoms with Crippen LogP contribution in [0.3, 0.4) is 0 Å². The first-order chi connectivity index (χ1) is 10.8. The van der Waals surface area contributed by atoms with Crippen LogP contribution in [0.1, 0.15) is 32.0 Å². The van der Waals surface area contributed by atoms with Crippen molar-refractivity contribution in [2.24, 2.45) is 0 Å². The van der Waals surface area contributed by atoms with E-state index in [0.717, 1.165) is 5.56 Å². The smallest absolute Gasteiger partial charge is 0.412 e. The van der Waals surface area contributed by atoms with Gasteiger partial charge in [-0.2, -0.15) is 0 Å². The molecule has 0 bridgehead atoms. The van der Waals surface area contributed by atoms with Gasteiger partial charge in [-0.25, -0.2) is 9.78 Å². The monoisotopic (exact) mass is 309 g/mol. The first-order valence-corrected chi connectivity index (χ1v) is 7.16. The van der Waals surface area contributed by atoms with Crippen LogP contribution in [0.2, 0.25) is 0 Å². The normalized spacial score (nSPS) is 10.4. The standard InChI is InChI=1S/C18H19N3O2/c1-18(2,3)23-17(22)21-16-10-8-13(12-15(16)19)7-9-14-6-4-5-11-20-14/h4-6,8,10-12H,19H2,1-3H3,(H,21,22). The van der Waals surface area contributed by atoms with E-state index in [0.29, 0.717) is 17.1 Å². The van der Waals surface area contributed by atoms with E-state index in [1.54, 1.807) is 45.2 Å². The number of pyridine rings is 1. The summed E-state index contributed by atoms with van der Waals surface area (Å²) in [7, 11) is 0. The van der Waals surface area contributed by atoms with Gasteiger partial charge in [-0.15, -0.1) is 0 Å². The molecule has 3 N–H and O–H groups in total. The molecule has 1 amide bonds. The van der Waals surface area contributed by atoms with E-state index in [9.17, 15) is 4.79 Å². The van der Waals surface area contributed by atoms with Crippen molar-refractivity contribution >= 4 is 17.5 Å². The second kappa shape index (κ2) is 6.84. The fourth-order valence-corrected chi connectivity index (χ4v) is 1.74. The molecule has 2 rings (SSSR count). The second-order valence-electron chi connectivity index (χ2n) is 5.89. The largest absolute Gasteiger partial charge is 0.444 e. The van der Waals surface area contributed by atoms with E-state index in [4.69, 9.17) is 10.5 Å². The molecule has 0 saturated carbocycles. The van der Waals surface area contributed by atoms with Crippen LogP contribution in [0.25, 0.3) is 0 Å². The summed E-state index contributed by atoms with van der Waals surface area (Å²) in [6.07, 6.45) is 1.14. The predicted molar refractivity (Wildman–Crippen MR) is 90.9 cm³/mol. The predicted octanol–water partition coefficient (Wildman–Crippen LogP) is 3.41. The molecule has 0 aliphatic heterocycles. The number of nitrogens with two attached hydrogens (primary N) is 1. The van der Waals surface area contributed by atoms with Gasteiger partial charge >= 0.3 is 6.09 Å². The lowest BCUT2D eigenvalue weighted by Crippen LogP contribution is -2.27. The van der Waals surface area contributed by atoms with Gasteiger partial charge in [0, 0.05) is 11.8 Å². The number of anilines is 2. The number of hydrogen-bond acceptors (Lipinski definition) is 4. The molecule has 1 heterocycles. The molecule has 0 aliphatic rings. The average molecular weight is 309 g/mol. The quantitative estimate of drug-likeness (QED) is 0.625. The zero-order valence-electron chi connectivity index (χ0n) is 13.4. The number of carbonyl (C=O) groups excluding carboxylic acids is 1. The highest BCUT2D eigenvalue weighted by atomic mass is 16.6. The third-order valence-electron chi connectivity index (χ3n) is 2.69. The van der Waals surface area contributed by atoms with Crippen molar-refractivity contribution in [2.75, 3.05) is 11.1 Å². The Labute approximate surface area is 135 Å². The van der Waals surface area contributed by atoms with Crippen LogP contribution >= 0.6 is 0 Å². The Hall–Kier alpha value is -3.00. The van der Waals surface area contributed by atoms with Crippen LogP contribution in [0.15, 0.2) is 42.6 Å². The lowest BCUT2D eigenvalue weighted by molar-refractivity contribution is 0.0636. The van der Waals surface area contributed by atoms with Gasteiger partial charge in [0.05, 0.1) is 11.4 Å². The SMILES string of the molecule is CC(C)(C)OC(=O)Nc1ccc(C#Cc2ccccn2)cc1N. The van der Waals surface area contributed by atoms with Crippen molar-refractivity contribution in [3.05, 3.63) is 53.9 Å². The number of carbonyl (C=O) groups is 1. The molecule has 1 aromatic carbocycles. The average Bonchev–Trinajstić information content (AvgIpc) is 2.47. The van der Waals surface area contributed by atoms with Crippen molar-refractivity contribution in [3.8, 4) is 11.8 Å². The third-order valence-corrected chi connectivity index (χ3v) is 2.69. The Morgan fingerprint density at radius 2 is 2.00 bits per heavy atom. The lowest BCUT2D eigenvalue weighted by Gasteiger charge is -2.20. The van der Waals surface area contributed by atoms with Gasteiger partial charge in [0.15, 0.2) is 0 Å². The number of hydrogen-bond donors (Lipinski definition) is 2. The van der Waals surface area contributed by atoms with Gasteiger partial charge in [0.25, 0.3) is 0 Å². The lowest BCUT2D eigenvalue weighted by atomic mass is 10.1. The second-order valence-corrected chi connectivity index (χ2v) is 5.89. The summed E-state index contributed by atoms with van der Waals surface area (Å²) in [6, 6.07) is 10.7. The molecule has 1 aromatic heterocycles. The molecular weight excluding hydrogens is 290 g/mol. The van der Waals surface area contributed by atoms with E-state index >= 15 is 0 Å². The molecule has 0 unspecified atom stereocenters.